The topological polar surface area (TPSA) is 49.8 Å². The number of nitrogens with one attached hydrogen (secondary N) is 1. The fourth-order valence-corrected chi connectivity index (χ4v) is 2.86. The number of nitrogens with zero attached hydrogens (tertiary/aromatic N) is 3. The molecule has 0 atom stereocenters. The van der Waals surface area contributed by atoms with Gasteiger partial charge in [-0.2, -0.15) is 0 Å². The van der Waals surface area contributed by atoms with Crippen molar-refractivity contribution in [3.05, 3.63) is 16.1 Å². The molecule has 0 bridgehead atoms. The Morgan fingerprint density at radius 1 is 1.52 bits per heavy atom. The van der Waals surface area contributed by atoms with Crippen molar-refractivity contribution in [3.8, 4) is 0 Å². The molecule has 2 rings (SSSR count). The number of rotatable bonds is 9. The van der Waals surface area contributed by atoms with E-state index in [1.165, 1.54) is 17.7 Å². The predicted molar refractivity (Wildman–Crippen MR) is 108 cm³/mol. The minimum atomic E-state index is 0. The van der Waals surface area contributed by atoms with Crippen LogP contribution in [0.3, 0.4) is 0 Å². The van der Waals surface area contributed by atoms with Crippen LogP contribution in [0, 0.1) is 12.8 Å². The Hall–Kier alpha value is -0.410. The number of hydrogen-bond acceptors (Lipinski definition) is 4. The van der Waals surface area contributed by atoms with Crippen LogP contribution >= 0.6 is 35.3 Å². The third-order valence-corrected chi connectivity index (χ3v) is 4.55. The van der Waals surface area contributed by atoms with Gasteiger partial charge in [0.15, 0.2) is 5.96 Å². The van der Waals surface area contributed by atoms with E-state index in [1.807, 2.05) is 6.20 Å². The first-order chi connectivity index (χ1) is 10.7. The van der Waals surface area contributed by atoms with Gasteiger partial charge in [-0.25, -0.2) is 4.98 Å². The van der Waals surface area contributed by atoms with Gasteiger partial charge < -0.3 is 15.0 Å². The van der Waals surface area contributed by atoms with E-state index >= 15 is 0 Å². The Morgan fingerprint density at radius 2 is 2.30 bits per heavy atom. The molecule has 1 fully saturated rings. The highest BCUT2D eigenvalue weighted by molar-refractivity contribution is 14.0. The molecule has 1 heterocycles. The second kappa shape index (κ2) is 11.2. The fraction of sp³-hybridized carbons (Fsp3) is 0.750. The quantitative estimate of drug-likeness (QED) is 0.271. The van der Waals surface area contributed by atoms with Crippen LogP contribution in [-0.2, 0) is 11.2 Å². The zero-order valence-corrected chi connectivity index (χ0v) is 17.5. The molecule has 0 aliphatic heterocycles. The minimum Gasteiger partial charge on any atom is -0.379 e. The number of ether oxygens (including phenoxy) is 1. The van der Waals surface area contributed by atoms with Crippen molar-refractivity contribution in [2.24, 2.45) is 10.9 Å². The molecule has 0 amide bonds. The van der Waals surface area contributed by atoms with Gasteiger partial charge in [0, 0.05) is 50.8 Å². The van der Waals surface area contributed by atoms with E-state index in [4.69, 9.17) is 4.74 Å². The molecule has 0 aromatic carbocycles. The maximum absolute atomic E-state index is 5.70. The lowest BCUT2D eigenvalue weighted by molar-refractivity contribution is 0.115. The number of aryl methyl sites for hydroxylation is 1. The first kappa shape index (κ1) is 20.6. The third kappa shape index (κ3) is 8.30. The van der Waals surface area contributed by atoms with Gasteiger partial charge in [0.1, 0.15) is 0 Å². The van der Waals surface area contributed by atoms with Crippen LogP contribution in [-0.4, -0.2) is 55.7 Å². The van der Waals surface area contributed by atoms with Gasteiger partial charge in [-0.3, -0.25) is 4.99 Å². The normalized spacial score (nSPS) is 14.5. The van der Waals surface area contributed by atoms with Crippen molar-refractivity contribution < 1.29 is 4.74 Å². The molecule has 1 aliphatic carbocycles. The number of hydrogen-bond donors (Lipinski definition) is 1. The summed E-state index contributed by atoms with van der Waals surface area (Å²) in [6, 6.07) is 0. The van der Waals surface area contributed by atoms with Crippen LogP contribution < -0.4 is 5.32 Å². The number of aromatic nitrogens is 1. The number of aliphatic imine (C=N–C) groups is 1. The van der Waals surface area contributed by atoms with E-state index in [-0.39, 0.29) is 24.0 Å². The van der Waals surface area contributed by atoms with Crippen molar-refractivity contribution in [2.45, 2.75) is 33.1 Å². The lowest BCUT2D eigenvalue weighted by atomic mass is 10.4. The second-order valence-corrected chi connectivity index (χ2v) is 7.11. The minimum absolute atomic E-state index is 0. The van der Waals surface area contributed by atoms with E-state index in [0.29, 0.717) is 0 Å². The van der Waals surface area contributed by atoms with Gasteiger partial charge in [-0.05, 0) is 32.6 Å². The first-order valence-electron chi connectivity index (χ1n) is 8.17. The lowest BCUT2D eigenvalue weighted by Crippen LogP contribution is -2.40. The summed E-state index contributed by atoms with van der Waals surface area (Å²) in [6.07, 6.45) is 5.52. The molecular formula is C16H29IN4OS. The first-order valence-corrected chi connectivity index (χ1v) is 8.99. The summed E-state index contributed by atoms with van der Waals surface area (Å²) < 4.78 is 5.70. The summed E-state index contributed by atoms with van der Waals surface area (Å²) in [5.41, 5.74) is 0. The van der Waals surface area contributed by atoms with Gasteiger partial charge in [0.05, 0.1) is 11.6 Å². The summed E-state index contributed by atoms with van der Waals surface area (Å²) in [4.78, 5) is 12.5. The molecule has 23 heavy (non-hydrogen) atoms. The Balaban J connectivity index is 0.00000264. The smallest absolute Gasteiger partial charge is 0.193 e. The Kier molecular flexibility index (Phi) is 10.0. The highest BCUT2D eigenvalue weighted by Crippen LogP contribution is 2.28. The predicted octanol–water partition coefficient (Wildman–Crippen LogP) is 2.94. The fourth-order valence-electron chi connectivity index (χ4n) is 2.09. The van der Waals surface area contributed by atoms with Crippen molar-refractivity contribution in [3.63, 3.8) is 0 Å². The Morgan fingerprint density at radius 3 is 2.91 bits per heavy atom. The molecule has 5 nitrogen and oxygen atoms in total. The van der Waals surface area contributed by atoms with Crippen LogP contribution in [0.5, 0.6) is 0 Å². The number of guanidine groups is 1. The molecule has 0 unspecified atom stereocenters. The van der Waals surface area contributed by atoms with Crippen LogP contribution in [0.4, 0.5) is 0 Å². The van der Waals surface area contributed by atoms with Gasteiger partial charge in [0.25, 0.3) is 0 Å². The lowest BCUT2D eigenvalue weighted by Gasteiger charge is -2.22. The van der Waals surface area contributed by atoms with Gasteiger partial charge in [-0.15, -0.1) is 35.3 Å². The molecule has 1 aromatic rings. The maximum atomic E-state index is 5.70. The van der Waals surface area contributed by atoms with Crippen LogP contribution in [0.25, 0.3) is 0 Å². The highest BCUT2D eigenvalue weighted by atomic mass is 127. The number of thiazole rings is 1. The number of likely N-dealkylation sites (N-methyl/N-ethyl adjacent to an activating group) is 1. The zero-order chi connectivity index (χ0) is 15.8. The molecule has 132 valence electrons. The number of halogens is 1. The van der Waals surface area contributed by atoms with Gasteiger partial charge >= 0.3 is 0 Å². The van der Waals surface area contributed by atoms with E-state index in [9.17, 15) is 0 Å². The summed E-state index contributed by atoms with van der Waals surface area (Å²) in [6.45, 7) is 8.38. The standard InChI is InChI=1S/C16H28N4OS.HI/c1-4-17-16(18-8-7-15-19-11-13(2)22-15)20(3)9-10-21-12-14-5-6-14;/h11,14H,4-10,12H2,1-3H3,(H,17,18);1H. The van der Waals surface area contributed by atoms with Crippen molar-refractivity contribution >= 4 is 41.3 Å². The summed E-state index contributed by atoms with van der Waals surface area (Å²) in [5, 5.41) is 4.50. The summed E-state index contributed by atoms with van der Waals surface area (Å²) >= 11 is 1.75. The molecule has 0 radical (unpaired) electrons. The Bertz CT molecular complexity index is 476. The molecule has 1 N–H and O–H groups in total. The van der Waals surface area contributed by atoms with Crippen LogP contribution in [0.15, 0.2) is 11.2 Å². The van der Waals surface area contributed by atoms with E-state index in [0.717, 1.165) is 56.2 Å². The van der Waals surface area contributed by atoms with Crippen molar-refractivity contribution in [1.82, 2.24) is 15.2 Å². The van der Waals surface area contributed by atoms with E-state index in [1.54, 1.807) is 11.3 Å². The molecule has 1 aromatic heterocycles. The summed E-state index contributed by atoms with van der Waals surface area (Å²) in [5.74, 6) is 1.78. The largest absolute Gasteiger partial charge is 0.379 e. The SMILES string of the molecule is CCNC(=NCCc1ncc(C)s1)N(C)CCOCC1CC1.I. The molecule has 0 spiro atoms. The molecule has 0 saturated heterocycles. The zero-order valence-electron chi connectivity index (χ0n) is 14.4. The van der Waals surface area contributed by atoms with Crippen molar-refractivity contribution in [1.29, 1.82) is 0 Å². The highest BCUT2D eigenvalue weighted by Gasteiger charge is 2.21. The van der Waals surface area contributed by atoms with Crippen LogP contribution in [0.1, 0.15) is 29.7 Å². The Labute approximate surface area is 160 Å². The maximum Gasteiger partial charge on any atom is 0.193 e. The molecule has 1 saturated carbocycles. The van der Waals surface area contributed by atoms with E-state index < -0.39 is 0 Å². The molecule has 7 heteroatoms. The monoisotopic (exact) mass is 452 g/mol. The average Bonchev–Trinajstić information content (AvgIpc) is 3.24. The average molecular weight is 452 g/mol. The molecule has 1 aliphatic rings. The van der Waals surface area contributed by atoms with Gasteiger partial charge in [-0.1, -0.05) is 0 Å². The molecular weight excluding hydrogens is 423 g/mol. The second-order valence-electron chi connectivity index (χ2n) is 5.79. The van der Waals surface area contributed by atoms with E-state index in [2.05, 4.69) is 41.1 Å². The third-order valence-electron chi connectivity index (χ3n) is 3.57. The van der Waals surface area contributed by atoms with Crippen molar-refractivity contribution in [2.75, 3.05) is 39.9 Å². The van der Waals surface area contributed by atoms with Gasteiger partial charge in [0.2, 0.25) is 0 Å². The summed E-state index contributed by atoms with van der Waals surface area (Å²) in [7, 11) is 2.06. The van der Waals surface area contributed by atoms with Crippen LogP contribution in [0.2, 0.25) is 0 Å².